The van der Waals surface area contributed by atoms with E-state index in [2.05, 4.69) is 4.98 Å². The molecule has 1 aromatic rings. The Labute approximate surface area is 65.0 Å². The lowest BCUT2D eigenvalue weighted by molar-refractivity contribution is -0.0448. The molecule has 0 aliphatic carbocycles. The van der Waals surface area contributed by atoms with Gasteiger partial charge >= 0.3 is 0 Å². The van der Waals surface area contributed by atoms with Gasteiger partial charge in [0.25, 0.3) is 5.88 Å². The summed E-state index contributed by atoms with van der Waals surface area (Å²) in [5.74, 6) is 0.742. The summed E-state index contributed by atoms with van der Waals surface area (Å²) in [6.45, 7) is 3.71. The summed E-state index contributed by atoms with van der Waals surface area (Å²) in [4.78, 5) is 4.01. The van der Waals surface area contributed by atoms with E-state index in [1.807, 2.05) is 26.0 Å². The molecule has 0 bridgehead atoms. The second-order valence-corrected chi connectivity index (χ2v) is 2.91. The zero-order chi connectivity index (χ0) is 7.90. The molecule has 0 N–H and O–H groups in total. The standard InChI is InChI=1S/C8H9NO2/c1-8(2)10-6-4-3-5-9-7(6)11-8/h3-5H,1-2H3. The van der Waals surface area contributed by atoms with Crippen LogP contribution >= 0.6 is 0 Å². The Kier molecular flexibility index (Phi) is 1.10. The molecular formula is C8H9NO2. The van der Waals surface area contributed by atoms with Gasteiger partial charge in [0.05, 0.1) is 0 Å². The van der Waals surface area contributed by atoms with Crippen molar-refractivity contribution in [1.82, 2.24) is 4.98 Å². The van der Waals surface area contributed by atoms with E-state index in [1.165, 1.54) is 0 Å². The van der Waals surface area contributed by atoms with Gasteiger partial charge in [-0.2, -0.15) is 0 Å². The first kappa shape index (κ1) is 6.46. The predicted molar refractivity (Wildman–Crippen MR) is 39.6 cm³/mol. The van der Waals surface area contributed by atoms with Gasteiger partial charge in [-0.25, -0.2) is 4.98 Å². The van der Waals surface area contributed by atoms with Crippen LogP contribution in [0.4, 0.5) is 0 Å². The van der Waals surface area contributed by atoms with Crippen LogP contribution < -0.4 is 9.47 Å². The maximum atomic E-state index is 5.41. The summed E-state index contributed by atoms with van der Waals surface area (Å²) in [5.41, 5.74) is 0. The first-order chi connectivity index (χ1) is 5.17. The van der Waals surface area contributed by atoms with Crippen LogP contribution in [0.15, 0.2) is 18.3 Å². The van der Waals surface area contributed by atoms with Gasteiger partial charge in [0.2, 0.25) is 5.79 Å². The highest BCUT2D eigenvalue weighted by molar-refractivity contribution is 5.35. The average Bonchev–Trinajstić information content (AvgIpc) is 2.21. The van der Waals surface area contributed by atoms with Crippen LogP contribution in [0.25, 0.3) is 0 Å². The smallest absolute Gasteiger partial charge is 0.260 e. The lowest BCUT2D eigenvalue weighted by atomic mass is 10.4. The van der Waals surface area contributed by atoms with Crippen LogP contribution in [-0.4, -0.2) is 10.8 Å². The molecule has 0 aromatic carbocycles. The van der Waals surface area contributed by atoms with Gasteiger partial charge < -0.3 is 9.47 Å². The van der Waals surface area contributed by atoms with Crippen molar-refractivity contribution in [3.05, 3.63) is 18.3 Å². The Hall–Kier alpha value is -1.25. The molecule has 2 rings (SSSR count). The van der Waals surface area contributed by atoms with Crippen molar-refractivity contribution in [2.24, 2.45) is 0 Å². The summed E-state index contributed by atoms with van der Waals surface area (Å²) in [7, 11) is 0. The molecule has 1 aliphatic rings. The summed E-state index contributed by atoms with van der Waals surface area (Å²) >= 11 is 0. The summed E-state index contributed by atoms with van der Waals surface area (Å²) in [5, 5.41) is 0. The molecule has 1 aliphatic heterocycles. The van der Waals surface area contributed by atoms with E-state index in [4.69, 9.17) is 9.47 Å². The van der Waals surface area contributed by atoms with Crippen molar-refractivity contribution in [2.45, 2.75) is 19.6 Å². The van der Waals surface area contributed by atoms with Crippen LogP contribution in [0.3, 0.4) is 0 Å². The van der Waals surface area contributed by atoms with Crippen molar-refractivity contribution in [1.29, 1.82) is 0 Å². The van der Waals surface area contributed by atoms with Crippen molar-refractivity contribution < 1.29 is 9.47 Å². The second-order valence-electron chi connectivity index (χ2n) is 2.91. The van der Waals surface area contributed by atoms with Gasteiger partial charge in [-0.3, -0.25) is 0 Å². The summed E-state index contributed by atoms with van der Waals surface area (Å²) in [6, 6.07) is 3.67. The number of hydrogen-bond donors (Lipinski definition) is 0. The molecule has 0 fully saturated rings. The van der Waals surface area contributed by atoms with E-state index in [-0.39, 0.29) is 0 Å². The molecule has 0 saturated carbocycles. The first-order valence-corrected chi connectivity index (χ1v) is 3.50. The monoisotopic (exact) mass is 151 g/mol. The number of rotatable bonds is 0. The fraction of sp³-hybridized carbons (Fsp3) is 0.375. The number of hydrogen-bond acceptors (Lipinski definition) is 3. The fourth-order valence-electron chi connectivity index (χ4n) is 1.05. The second kappa shape index (κ2) is 1.87. The highest BCUT2D eigenvalue weighted by Gasteiger charge is 2.32. The molecule has 11 heavy (non-hydrogen) atoms. The molecule has 0 saturated heterocycles. The van der Waals surface area contributed by atoms with E-state index in [9.17, 15) is 0 Å². The minimum absolute atomic E-state index is 0.559. The van der Waals surface area contributed by atoms with Gasteiger partial charge in [-0.1, -0.05) is 0 Å². The zero-order valence-corrected chi connectivity index (χ0v) is 6.50. The van der Waals surface area contributed by atoms with Gasteiger partial charge in [-0.15, -0.1) is 0 Å². The number of aromatic nitrogens is 1. The van der Waals surface area contributed by atoms with E-state index < -0.39 is 5.79 Å². The highest BCUT2D eigenvalue weighted by atomic mass is 16.7. The van der Waals surface area contributed by atoms with Crippen LogP contribution in [0.1, 0.15) is 13.8 Å². The number of pyridine rings is 1. The molecule has 0 spiro atoms. The number of fused-ring (bicyclic) bond motifs is 1. The summed E-state index contributed by atoms with van der Waals surface area (Å²) < 4.78 is 10.8. The molecule has 0 radical (unpaired) electrons. The van der Waals surface area contributed by atoms with Gasteiger partial charge in [0.15, 0.2) is 5.75 Å². The van der Waals surface area contributed by atoms with Crippen molar-refractivity contribution in [3.8, 4) is 11.6 Å². The molecule has 3 heteroatoms. The molecule has 0 atom stereocenters. The Morgan fingerprint density at radius 3 is 2.91 bits per heavy atom. The lowest BCUT2D eigenvalue weighted by Crippen LogP contribution is -2.29. The average molecular weight is 151 g/mol. The van der Waals surface area contributed by atoms with Crippen LogP contribution in [0, 0.1) is 0 Å². The molecule has 0 amide bonds. The Bertz CT molecular complexity index is 256. The quantitative estimate of drug-likeness (QED) is 0.564. The molecule has 1 aromatic heterocycles. The van der Waals surface area contributed by atoms with Crippen LogP contribution in [0.5, 0.6) is 11.6 Å². The SMILES string of the molecule is CC1(C)Oc2cccnc2O1. The van der Waals surface area contributed by atoms with Gasteiger partial charge in [0.1, 0.15) is 0 Å². The fourth-order valence-corrected chi connectivity index (χ4v) is 1.05. The van der Waals surface area contributed by atoms with E-state index >= 15 is 0 Å². The first-order valence-electron chi connectivity index (χ1n) is 3.50. The minimum Gasteiger partial charge on any atom is -0.447 e. The molecule has 2 heterocycles. The third kappa shape index (κ3) is 1.02. The molecule has 0 unspecified atom stereocenters. The number of nitrogens with zero attached hydrogens (tertiary/aromatic N) is 1. The van der Waals surface area contributed by atoms with E-state index in [0.717, 1.165) is 5.75 Å². The minimum atomic E-state index is -0.559. The third-order valence-electron chi connectivity index (χ3n) is 1.43. The molecule has 3 nitrogen and oxygen atoms in total. The van der Waals surface area contributed by atoms with Gasteiger partial charge in [0, 0.05) is 20.0 Å². The van der Waals surface area contributed by atoms with E-state index in [1.54, 1.807) is 6.20 Å². The Balaban J connectivity index is 2.41. The Morgan fingerprint density at radius 2 is 2.18 bits per heavy atom. The van der Waals surface area contributed by atoms with Crippen molar-refractivity contribution >= 4 is 0 Å². The predicted octanol–water partition coefficient (Wildman–Crippen LogP) is 1.59. The molecule has 58 valence electrons. The van der Waals surface area contributed by atoms with Gasteiger partial charge in [-0.05, 0) is 12.1 Å². The van der Waals surface area contributed by atoms with Crippen molar-refractivity contribution in [3.63, 3.8) is 0 Å². The maximum absolute atomic E-state index is 5.41. The largest absolute Gasteiger partial charge is 0.447 e. The third-order valence-corrected chi connectivity index (χ3v) is 1.43. The summed E-state index contributed by atoms with van der Waals surface area (Å²) in [6.07, 6.45) is 1.68. The maximum Gasteiger partial charge on any atom is 0.260 e. The Morgan fingerprint density at radius 1 is 1.36 bits per heavy atom. The van der Waals surface area contributed by atoms with Crippen LogP contribution in [-0.2, 0) is 0 Å². The lowest BCUT2D eigenvalue weighted by Gasteiger charge is -2.15. The normalized spacial score (nSPS) is 18.4. The van der Waals surface area contributed by atoms with Crippen molar-refractivity contribution in [2.75, 3.05) is 0 Å². The van der Waals surface area contributed by atoms with E-state index in [0.29, 0.717) is 5.88 Å². The highest BCUT2D eigenvalue weighted by Crippen LogP contribution is 2.36. The van der Waals surface area contributed by atoms with Crippen LogP contribution in [0.2, 0.25) is 0 Å². The molecular weight excluding hydrogens is 142 g/mol. The number of ether oxygens (including phenoxy) is 2. The zero-order valence-electron chi connectivity index (χ0n) is 6.50. The topological polar surface area (TPSA) is 31.4 Å².